The van der Waals surface area contributed by atoms with Gasteiger partial charge in [0.1, 0.15) is 0 Å². The van der Waals surface area contributed by atoms with Gasteiger partial charge in [0, 0.05) is 18.8 Å². The molecule has 0 aliphatic carbocycles. The molecule has 0 saturated carbocycles. The third-order valence-electron chi connectivity index (χ3n) is 4.52. The van der Waals surface area contributed by atoms with Crippen molar-refractivity contribution in [3.05, 3.63) is 0 Å². The lowest BCUT2D eigenvalue weighted by atomic mass is 9.84. The fourth-order valence-electron chi connectivity index (χ4n) is 2.63. The second kappa shape index (κ2) is 6.04. The first kappa shape index (κ1) is 15.2. The Hall–Kier alpha value is -0.230. The SMILES string of the molecule is CCC1(CC)CN=C(NCC2CCCS2(=O)=O)SC1. The van der Waals surface area contributed by atoms with Crippen LogP contribution in [0.1, 0.15) is 39.5 Å². The van der Waals surface area contributed by atoms with Crippen molar-refractivity contribution in [2.24, 2.45) is 10.4 Å². The van der Waals surface area contributed by atoms with E-state index in [4.69, 9.17) is 0 Å². The largest absolute Gasteiger partial charge is 0.364 e. The Morgan fingerprint density at radius 1 is 1.42 bits per heavy atom. The van der Waals surface area contributed by atoms with Gasteiger partial charge >= 0.3 is 0 Å². The Bertz CT molecular complexity index is 442. The summed E-state index contributed by atoms with van der Waals surface area (Å²) in [6.45, 7) is 5.85. The molecule has 1 N–H and O–H groups in total. The van der Waals surface area contributed by atoms with Crippen molar-refractivity contribution in [2.45, 2.75) is 44.8 Å². The standard InChI is InChI=1S/C13H24N2O2S2/c1-3-13(4-2)9-15-12(18-10-13)14-8-11-6-5-7-19(11,16)17/h11H,3-10H2,1-2H3,(H,14,15). The first-order valence-corrected chi connectivity index (χ1v) is 9.84. The van der Waals surface area contributed by atoms with Gasteiger partial charge in [-0.2, -0.15) is 0 Å². The third-order valence-corrected chi connectivity index (χ3v) is 8.10. The topological polar surface area (TPSA) is 58.5 Å². The van der Waals surface area contributed by atoms with Crippen LogP contribution in [-0.2, 0) is 9.84 Å². The van der Waals surface area contributed by atoms with E-state index in [0.29, 0.717) is 17.7 Å². The van der Waals surface area contributed by atoms with Gasteiger partial charge in [-0.25, -0.2) is 8.42 Å². The molecule has 0 aromatic heterocycles. The fourth-order valence-corrected chi connectivity index (χ4v) is 5.67. The van der Waals surface area contributed by atoms with Gasteiger partial charge in [0.15, 0.2) is 15.0 Å². The highest BCUT2D eigenvalue weighted by Gasteiger charge is 2.33. The van der Waals surface area contributed by atoms with E-state index >= 15 is 0 Å². The highest BCUT2D eigenvalue weighted by molar-refractivity contribution is 8.13. The lowest BCUT2D eigenvalue weighted by Crippen LogP contribution is -2.38. The van der Waals surface area contributed by atoms with Crippen molar-refractivity contribution in [2.75, 3.05) is 24.6 Å². The summed E-state index contributed by atoms with van der Waals surface area (Å²) in [6.07, 6.45) is 3.92. The predicted octanol–water partition coefficient (Wildman–Crippen LogP) is 2.06. The lowest BCUT2D eigenvalue weighted by molar-refractivity contribution is 0.318. The van der Waals surface area contributed by atoms with Gasteiger partial charge in [0.2, 0.25) is 0 Å². The number of sulfone groups is 1. The molecule has 0 aromatic carbocycles. The quantitative estimate of drug-likeness (QED) is 0.864. The summed E-state index contributed by atoms with van der Waals surface area (Å²) in [5.41, 5.74) is 0.343. The average Bonchev–Trinajstić information content (AvgIpc) is 2.76. The molecule has 0 bridgehead atoms. The van der Waals surface area contributed by atoms with Gasteiger partial charge in [-0.05, 0) is 31.1 Å². The zero-order valence-electron chi connectivity index (χ0n) is 11.8. The first-order valence-electron chi connectivity index (χ1n) is 7.14. The van der Waals surface area contributed by atoms with Gasteiger partial charge in [-0.15, -0.1) is 0 Å². The molecule has 0 spiro atoms. The highest BCUT2D eigenvalue weighted by Crippen LogP contribution is 2.34. The van der Waals surface area contributed by atoms with Crippen LogP contribution in [0.2, 0.25) is 0 Å². The number of aliphatic imine (C=N–C) groups is 1. The minimum absolute atomic E-state index is 0.208. The summed E-state index contributed by atoms with van der Waals surface area (Å²) in [5, 5.41) is 3.96. The van der Waals surface area contributed by atoms with E-state index < -0.39 is 9.84 Å². The van der Waals surface area contributed by atoms with Crippen molar-refractivity contribution in [3.8, 4) is 0 Å². The highest BCUT2D eigenvalue weighted by atomic mass is 32.2. The molecule has 2 rings (SSSR count). The molecule has 4 nitrogen and oxygen atoms in total. The molecular formula is C13H24N2O2S2. The van der Waals surface area contributed by atoms with Gasteiger partial charge in [-0.3, -0.25) is 4.99 Å². The molecule has 110 valence electrons. The summed E-state index contributed by atoms with van der Waals surface area (Å²) in [7, 11) is -2.85. The molecule has 6 heteroatoms. The van der Waals surface area contributed by atoms with Gasteiger partial charge in [0.05, 0.1) is 11.0 Å². The Morgan fingerprint density at radius 3 is 2.63 bits per heavy atom. The Balaban J connectivity index is 1.87. The molecule has 2 aliphatic rings. The van der Waals surface area contributed by atoms with Crippen LogP contribution in [0.4, 0.5) is 0 Å². The number of hydrogen-bond acceptors (Lipinski definition) is 5. The molecule has 2 aliphatic heterocycles. The number of nitrogens with one attached hydrogen (secondary N) is 1. The molecule has 2 heterocycles. The first-order chi connectivity index (χ1) is 9.01. The zero-order chi connectivity index (χ0) is 13.9. The molecule has 0 aromatic rings. The van der Waals surface area contributed by atoms with Crippen LogP contribution in [0.5, 0.6) is 0 Å². The van der Waals surface area contributed by atoms with Crippen LogP contribution < -0.4 is 5.32 Å². The maximum Gasteiger partial charge on any atom is 0.156 e. The van der Waals surface area contributed by atoms with Crippen LogP contribution in [0.25, 0.3) is 0 Å². The Kier molecular flexibility index (Phi) is 4.82. The fraction of sp³-hybridized carbons (Fsp3) is 0.923. The summed E-state index contributed by atoms with van der Waals surface area (Å²) < 4.78 is 23.5. The van der Waals surface area contributed by atoms with Crippen LogP contribution in [-0.4, -0.2) is 43.4 Å². The van der Waals surface area contributed by atoms with E-state index in [9.17, 15) is 8.42 Å². The Labute approximate surface area is 120 Å². The molecule has 19 heavy (non-hydrogen) atoms. The number of rotatable bonds is 4. The van der Waals surface area contributed by atoms with E-state index in [1.54, 1.807) is 11.8 Å². The summed E-state index contributed by atoms with van der Waals surface area (Å²) >= 11 is 1.75. The predicted molar refractivity (Wildman–Crippen MR) is 82.6 cm³/mol. The molecular weight excluding hydrogens is 280 g/mol. The van der Waals surface area contributed by atoms with E-state index in [2.05, 4.69) is 24.2 Å². The minimum atomic E-state index is -2.85. The normalized spacial score (nSPS) is 28.9. The molecule has 1 fully saturated rings. The number of amidine groups is 1. The van der Waals surface area contributed by atoms with Crippen molar-refractivity contribution >= 4 is 26.8 Å². The molecule has 1 atom stereocenters. The minimum Gasteiger partial charge on any atom is -0.364 e. The van der Waals surface area contributed by atoms with Crippen molar-refractivity contribution in [1.82, 2.24) is 5.32 Å². The maximum atomic E-state index is 11.7. The zero-order valence-corrected chi connectivity index (χ0v) is 13.4. The number of thioether (sulfide) groups is 1. The summed E-state index contributed by atoms with van der Waals surface area (Å²) in [4.78, 5) is 4.61. The number of nitrogens with zero attached hydrogens (tertiary/aromatic N) is 1. The summed E-state index contributed by atoms with van der Waals surface area (Å²) in [5.74, 6) is 1.44. The molecule has 0 amide bonds. The van der Waals surface area contributed by atoms with E-state index in [1.165, 1.54) is 0 Å². The van der Waals surface area contributed by atoms with Gasteiger partial charge < -0.3 is 5.32 Å². The van der Waals surface area contributed by atoms with Crippen molar-refractivity contribution in [1.29, 1.82) is 0 Å². The summed E-state index contributed by atoms with van der Waals surface area (Å²) in [6, 6.07) is 0. The van der Waals surface area contributed by atoms with Crippen LogP contribution in [0.3, 0.4) is 0 Å². The average molecular weight is 304 g/mol. The van der Waals surface area contributed by atoms with Crippen molar-refractivity contribution < 1.29 is 8.42 Å². The van der Waals surface area contributed by atoms with E-state index in [0.717, 1.165) is 43.1 Å². The van der Waals surface area contributed by atoms with Crippen LogP contribution >= 0.6 is 11.8 Å². The maximum absolute atomic E-state index is 11.7. The lowest BCUT2D eigenvalue weighted by Gasteiger charge is -2.33. The monoisotopic (exact) mass is 304 g/mol. The second-order valence-corrected chi connectivity index (χ2v) is 8.99. The smallest absolute Gasteiger partial charge is 0.156 e. The number of hydrogen-bond donors (Lipinski definition) is 1. The molecule has 1 unspecified atom stereocenters. The molecule has 0 radical (unpaired) electrons. The van der Waals surface area contributed by atoms with Gasteiger partial charge in [0.25, 0.3) is 0 Å². The van der Waals surface area contributed by atoms with Crippen LogP contribution in [0, 0.1) is 5.41 Å². The second-order valence-electron chi connectivity index (χ2n) is 5.63. The van der Waals surface area contributed by atoms with Crippen molar-refractivity contribution in [3.63, 3.8) is 0 Å². The van der Waals surface area contributed by atoms with E-state index in [-0.39, 0.29) is 5.25 Å². The van der Waals surface area contributed by atoms with Gasteiger partial charge in [-0.1, -0.05) is 25.6 Å². The van der Waals surface area contributed by atoms with E-state index in [1.807, 2.05) is 0 Å². The Morgan fingerprint density at radius 2 is 2.16 bits per heavy atom. The third kappa shape index (κ3) is 3.45. The van der Waals surface area contributed by atoms with Crippen LogP contribution in [0.15, 0.2) is 4.99 Å². The molecule has 1 saturated heterocycles.